The molecule has 2 rings (SSSR count). The van der Waals surface area contributed by atoms with Crippen LogP contribution in [-0.2, 0) is 0 Å². The van der Waals surface area contributed by atoms with Crippen LogP contribution < -0.4 is 5.73 Å². The van der Waals surface area contributed by atoms with Crippen molar-refractivity contribution < 1.29 is 18.3 Å². The summed E-state index contributed by atoms with van der Waals surface area (Å²) in [5.74, 6) is 0. The molecular weight excluding hydrogens is 275 g/mol. The van der Waals surface area contributed by atoms with E-state index in [0.29, 0.717) is 12.1 Å². The van der Waals surface area contributed by atoms with E-state index in [1.54, 1.807) is 12.1 Å². The van der Waals surface area contributed by atoms with E-state index in [-0.39, 0.29) is 22.1 Å². The molecular formula is C13H16F3NOS. The lowest BCUT2D eigenvalue weighted by atomic mass is 9.63. The molecule has 0 spiro atoms. The number of hydrogen-bond donors (Lipinski definition) is 2. The molecule has 1 aliphatic carbocycles. The van der Waals surface area contributed by atoms with Crippen LogP contribution in [0.2, 0.25) is 0 Å². The number of aliphatic hydroxyl groups excluding tert-OH is 1. The SMILES string of the molecule is NCC1(C(O)c2ccc(SC(F)(F)F)cc2)CCC1. The molecule has 0 bridgehead atoms. The highest BCUT2D eigenvalue weighted by Crippen LogP contribution is 2.49. The van der Waals surface area contributed by atoms with Crippen molar-refractivity contribution in [3.8, 4) is 0 Å². The van der Waals surface area contributed by atoms with Crippen LogP contribution in [0.5, 0.6) is 0 Å². The number of rotatable bonds is 4. The highest BCUT2D eigenvalue weighted by molar-refractivity contribution is 8.00. The average molecular weight is 291 g/mol. The number of benzene rings is 1. The molecule has 19 heavy (non-hydrogen) atoms. The van der Waals surface area contributed by atoms with Gasteiger partial charge in [0.05, 0.1) is 6.10 Å². The Labute approximate surface area is 114 Å². The first kappa shape index (κ1) is 14.7. The lowest BCUT2D eigenvalue weighted by molar-refractivity contribution is -0.0328. The van der Waals surface area contributed by atoms with E-state index in [2.05, 4.69) is 0 Å². The van der Waals surface area contributed by atoms with E-state index in [4.69, 9.17) is 5.73 Å². The Hall–Kier alpha value is -0.720. The highest BCUT2D eigenvalue weighted by Gasteiger charge is 2.42. The summed E-state index contributed by atoms with van der Waals surface area (Å²) in [5, 5.41) is 10.3. The minimum atomic E-state index is -4.29. The summed E-state index contributed by atoms with van der Waals surface area (Å²) in [6, 6.07) is 5.88. The lowest BCUT2D eigenvalue weighted by Crippen LogP contribution is -2.42. The number of halogens is 3. The molecule has 1 aromatic rings. The Morgan fingerprint density at radius 3 is 2.21 bits per heavy atom. The van der Waals surface area contributed by atoms with E-state index in [1.165, 1.54) is 12.1 Å². The largest absolute Gasteiger partial charge is 0.446 e. The Morgan fingerprint density at radius 2 is 1.84 bits per heavy atom. The third kappa shape index (κ3) is 3.24. The molecule has 3 N–H and O–H groups in total. The van der Waals surface area contributed by atoms with Gasteiger partial charge in [-0.15, -0.1) is 0 Å². The molecule has 106 valence electrons. The molecule has 1 aromatic carbocycles. The second kappa shape index (κ2) is 5.34. The predicted octanol–water partition coefficient (Wildman–Crippen LogP) is 3.46. The normalized spacial score (nSPS) is 19.8. The molecule has 1 fully saturated rings. The average Bonchev–Trinajstić information content (AvgIpc) is 2.27. The fourth-order valence-corrected chi connectivity index (χ4v) is 2.96. The van der Waals surface area contributed by atoms with Gasteiger partial charge in [0.1, 0.15) is 0 Å². The van der Waals surface area contributed by atoms with E-state index < -0.39 is 11.6 Å². The fraction of sp³-hybridized carbons (Fsp3) is 0.538. The van der Waals surface area contributed by atoms with Crippen LogP contribution in [0.1, 0.15) is 30.9 Å². The second-order valence-corrected chi connectivity index (χ2v) is 6.08. The van der Waals surface area contributed by atoms with Crippen LogP contribution in [0.4, 0.5) is 13.2 Å². The summed E-state index contributed by atoms with van der Waals surface area (Å²) in [7, 11) is 0. The molecule has 0 amide bonds. The van der Waals surface area contributed by atoms with Gasteiger partial charge in [0, 0.05) is 16.9 Å². The third-order valence-corrected chi connectivity index (χ3v) is 4.50. The van der Waals surface area contributed by atoms with Crippen LogP contribution in [0.3, 0.4) is 0 Å². The molecule has 0 radical (unpaired) electrons. The van der Waals surface area contributed by atoms with E-state index in [0.717, 1.165) is 19.3 Å². The predicted molar refractivity (Wildman–Crippen MR) is 68.7 cm³/mol. The maximum atomic E-state index is 12.2. The first-order valence-corrected chi connectivity index (χ1v) is 6.92. The number of hydrogen-bond acceptors (Lipinski definition) is 3. The van der Waals surface area contributed by atoms with Gasteiger partial charge in [0.25, 0.3) is 0 Å². The molecule has 2 nitrogen and oxygen atoms in total. The zero-order valence-electron chi connectivity index (χ0n) is 10.3. The summed E-state index contributed by atoms with van der Waals surface area (Å²) >= 11 is -0.152. The Bertz CT molecular complexity index is 423. The van der Waals surface area contributed by atoms with Crippen LogP contribution in [0.25, 0.3) is 0 Å². The minimum Gasteiger partial charge on any atom is -0.388 e. The first-order chi connectivity index (χ1) is 8.86. The maximum Gasteiger partial charge on any atom is 0.446 e. The van der Waals surface area contributed by atoms with Crippen molar-refractivity contribution in [2.45, 2.75) is 35.8 Å². The molecule has 1 unspecified atom stereocenters. The van der Waals surface area contributed by atoms with E-state index in [1.807, 2.05) is 0 Å². The monoisotopic (exact) mass is 291 g/mol. The molecule has 1 atom stereocenters. The van der Waals surface area contributed by atoms with Gasteiger partial charge in [0.2, 0.25) is 0 Å². The van der Waals surface area contributed by atoms with Crippen molar-refractivity contribution in [3.63, 3.8) is 0 Å². The zero-order valence-corrected chi connectivity index (χ0v) is 11.1. The van der Waals surface area contributed by atoms with Gasteiger partial charge in [-0.3, -0.25) is 0 Å². The van der Waals surface area contributed by atoms with Crippen molar-refractivity contribution in [1.82, 2.24) is 0 Å². The standard InChI is InChI=1S/C13H16F3NOS/c14-13(15,16)19-10-4-2-9(3-5-10)11(18)12(8-17)6-1-7-12/h2-5,11,18H,1,6-8,17H2. The number of thioether (sulfide) groups is 1. The Morgan fingerprint density at radius 1 is 1.26 bits per heavy atom. The minimum absolute atomic E-state index is 0.124. The van der Waals surface area contributed by atoms with Gasteiger partial charge < -0.3 is 10.8 Å². The highest BCUT2D eigenvalue weighted by atomic mass is 32.2. The molecule has 1 saturated carbocycles. The van der Waals surface area contributed by atoms with Gasteiger partial charge >= 0.3 is 5.51 Å². The summed E-state index contributed by atoms with van der Waals surface area (Å²) in [4.78, 5) is 0.124. The van der Waals surface area contributed by atoms with Crippen molar-refractivity contribution in [2.75, 3.05) is 6.54 Å². The van der Waals surface area contributed by atoms with Crippen LogP contribution in [-0.4, -0.2) is 17.2 Å². The first-order valence-electron chi connectivity index (χ1n) is 6.10. The van der Waals surface area contributed by atoms with Crippen LogP contribution >= 0.6 is 11.8 Å². The molecule has 1 aliphatic rings. The van der Waals surface area contributed by atoms with Gasteiger partial charge in [-0.1, -0.05) is 18.6 Å². The summed E-state index contributed by atoms with van der Waals surface area (Å²) in [6.45, 7) is 0.396. The number of aliphatic hydroxyl groups is 1. The molecule has 6 heteroatoms. The second-order valence-electron chi connectivity index (χ2n) is 4.94. The molecule has 0 aromatic heterocycles. The summed E-state index contributed by atoms with van der Waals surface area (Å²) < 4.78 is 36.6. The van der Waals surface area contributed by atoms with E-state index in [9.17, 15) is 18.3 Å². The fourth-order valence-electron chi connectivity index (χ4n) is 2.43. The lowest BCUT2D eigenvalue weighted by Gasteiger charge is -2.44. The van der Waals surface area contributed by atoms with Crippen molar-refractivity contribution in [1.29, 1.82) is 0 Å². The Kier molecular flexibility index (Phi) is 4.13. The van der Waals surface area contributed by atoms with Gasteiger partial charge in [-0.25, -0.2) is 0 Å². The molecule has 0 aliphatic heterocycles. The van der Waals surface area contributed by atoms with Crippen LogP contribution in [0.15, 0.2) is 29.2 Å². The summed E-state index contributed by atoms with van der Waals surface area (Å²) in [5.41, 5.74) is 1.77. The van der Waals surface area contributed by atoms with Crippen molar-refractivity contribution >= 4 is 11.8 Å². The number of nitrogens with two attached hydrogens (primary N) is 1. The summed E-state index contributed by atoms with van der Waals surface area (Å²) in [6.07, 6.45) is 2.07. The molecule has 0 saturated heterocycles. The van der Waals surface area contributed by atoms with Crippen molar-refractivity contribution in [3.05, 3.63) is 29.8 Å². The Balaban J connectivity index is 2.10. The van der Waals surface area contributed by atoms with Gasteiger partial charge in [-0.05, 0) is 42.3 Å². The topological polar surface area (TPSA) is 46.2 Å². The quantitative estimate of drug-likeness (QED) is 0.835. The van der Waals surface area contributed by atoms with Gasteiger partial charge in [0.15, 0.2) is 0 Å². The molecule has 0 heterocycles. The van der Waals surface area contributed by atoms with E-state index >= 15 is 0 Å². The smallest absolute Gasteiger partial charge is 0.388 e. The number of alkyl halides is 3. The van der Waals surface area contributed by atoms with Crippen LogP contribution in [0, 0.1) is 5.41 Å². The van der Waals surface area contributed by atoms with Crippen molar-refractivity contribution in [2.24, 2.45) is 11.1 Å². The van der Waals surface area contributed by atoms with Gasteiger partial charge in [-0.2, -0.15) is 13.2 Å². The maximum absolute atomic E-state index is 12.2. The zero-order chi connectivity index (χ0) is 14.1. The third-order valence-electron chi connectivity index (χ3n) is 3.77.